The summed E-state index contributed by atoms with van der Waals surface area (Å²) in [5.41, 5.74) is 11.0. The number of rotatable bonds is 11. The summed E-state index contributed by atoms with van der Waals surface area (Å²) >= 11 is 0. The Morgan fingerprint density at radius 3 is 1.87 bits per heavy atom. The molecule has 0 aromatic heterocycles. The molecule has 16 heteroatoms. The highest BCUT2D eigenvalue weighted by Gasteiger charge is 2.44. The maximum absolute atomic E-state index is 13.2. The van der Waals surface area contributed by atoms with E-state index < -0.39 is 96.4 Å². The van der Waals surface area contributed by atoms with Crippen LogP contribution in [-0.4, -0.2) is 127 Å². The molecular formula is C23H38N6O10. The van der Waals surface area contributed by atoms with Crippen molar-refractivity contribution in [2.45, 2.75) is 88.6 Å². The van der Waals surface area contributed by atoms with Crippen molar-refractivity contribution in [3.8, 4) is 0 Å². The Balaban J connectivity index is 2.21. The standard InChI is InChI=1S/C23H38N6O10/c1-9(2)18(27-19(34)14-4-11(31)7-28(14)22(37)17(25)10(3)30)20(35)26-13(6-16(24)33)21(36)29-8-12(32)5-15(29)23(38)39/h9-15,17-18,30-32H,4-8,25H2,1-3H3,(H2,24,33)(H,26,35)(H,27,34)(H,38,39)/t10-,11-,12-,13+,14+,15+,17+,18+/m1/s1. The molecule has 0 radical (unpaired) electrons. The average Bonchev–Trinajstić information content (AvgIpc) is 3.42. The Morgan fingerprint density at radius 1 is 0.897 bits per heavy atom. The molecule has 5 amide bonds. The van der Waals surface area contributed by atoms with Crippen molar-refractivity contribution in [2.75, 3.05) is 13.1 Å². The first-order chi connectivity index (χ1) is 18.0. The molecule has 0 aromatic carbocycles. The van der Waals surface area contributed by atoms with Crippen molar-refractivity contribution in [2.24, 2.45) is 17.4 Å². The molecule has 0 spiro atoms. The third kappa shape index (κ3) is 7.84. The van der Waals surface area contributed by atoms with Crippen molar-refractivity contribution in [3.05, 3.63) is 0 Å². The molecule has 8 atom stereocenters. The quantitative estimate of drug-likeness (QED) is 0.119. The monoisotopic (exact) mass is 558 g/mol. The molecule has 2 fully saturated rings. The number of aliphatic hydroxyl groups is 3. The highest BCUT2D eigenvalue weighted by Crippen LogP contribution is 2.22. The maximum atomic E-state index is 13.2. The minimum atomic E-state index is -1.57. The van der Waals surface area contributed by atoms with Gasteiger partial charge in [-0.25, -0.2) is 4.79 Å². The summed E-state index contributed by atoms with van der Waals surface area (Å²) in [6.45, 7) is 3.94. The molecule has 39 heavy (non-hydrogen) atoms. The number of β-amino-alcohol motifs (C(OH)–C–C–N with tert-alkyl or cyclic N) is 2. The number of likely N-dealkylation sites (tertiary alicyclic amines) is 2. The Bertz CT molecular complexity index is 975. The summed E-state index contributed by atoms with van der Waals surface area (Å²) in [6.07, 6.45) is -4.43. The number of carbonyl (C=O) groups is 6. The summed E-state index contributed by atoms with van der Waals surface area (Å²) < 4.78 is 0. The van der Waals surface area contributed by atoms with Crippen molar-refractivity contribution in [1.82, 2.24) is 20.4 Å². The fourth-order valence-electron chi connectivity index (χ4n) is 4.64. The van der Waals surface area contributed by atoms with Crippen LogP contribution in [0.3, 0.4) is 0 Å². The number of carboxylic acid groups (broad SMARTS) is 1. The number of carbonyl (C=O) groups excluding carboxylic acids is 5. The third-order valence-electron chi connectivity index (χ3n) is 6.78. The van der Waals surface area contributed by atoms with Gasteiger partial charge >= 0.3 is 5.97 Å². The largest absolute Gasteiger partial charge is 0.480 e. The van der Waals surface area contributed by atoms with Gasteiger partial charge in [0, 0.05) is 25.9 Å². The van der Waals surface area contributed by atoms with Gasteiger partial charge in [-0.05, 0) is 12.8 Å². The van der Waals surface area contributed by atoms with E-state index in [2.05, 4.69) is 10.6 Å². The molecule has 16 nitrogen and oxygen atoms in total. The lowest BCUT2D eigenvalue weighted by molar-refractivity contribution is -0.149. The lowest BCUT2D eigenvalue weighted by Gasteiger charge is -2.31. The molecule has 220 valence electrons. The third-order valence-corrected chi connectivity index (χ3v) is 6.78. The molecule has 2 saturated heterocycles. The van der Waals surface area contributed by atoms with Gasteiger partial charge in [0.15, 0.2) is 0 Å². The number of primary amides is 1. The van der Waals surface area contributed by atoms with Gasteiger partial charge in [0.25, 0.3) is 0 Å². The first-order valence-corrected chi connectivity index (χ1v) is 12.6. The zero-order valence-electron chi connectivity index (χ0n) is 22.0. The fourth-order valence-corrected chi connectivity index (χ4v) is 4.64. The lowest BCUT2D eigenvalue weighted by atomic mass is 10.0. The van der Waals surface area contributed by atoms with E-state index >= 15 is 0 Å². The molecule has 0 aromatic rings. The highest BCUT2D eigenvalue weighted by atomic mass is 16.4. The number of aliphatic carboxylic acids is 1. The van der Waals surface area contributed by atoms with Crippen molar-refractivity contribution < 1.29 is 49.2 Å². The topological polar surface area (TPSA) is 266 Å². The fraction of sp³-hybridized carbons (Fsp3) is 0.739. The van der Waals surface area contributed by atoms with E-state index in [9.17, 15) is 49.2 Å². The van der Waals surface area contributed by atoms with Crippen LogP contribution in [0.1, 0.15) is 40.0 Å². The molecule has 0 unspecified atom stereocenters. The van der Waals surface area contributed by atoms with Crippen LogP contribution in [0.25, 0.3) is 0 Å². The zero-order chi connectivity index (χ0) is 29.8. The van der Waals surface area contributed by atoms with Crippen molar-refractivity contribution in [1.29, 1.82) is 0 Å². The number of nitrogens with one attached hydrogen (secondary N) is 2. The van der Waals surface area contributed by atoms with Gasteiger partial charge in [0.1, 0.15) is 30.2 Å². The molecule has 0 saturated carbocycles. The molecule has 2 aliphatic heterocycles. The van der Waals surface area contributed by atoms with Crippen molar-refractivity contribution >= 4 is 35.5 Å². The van der Waals surface area contributed by atoms with E-state index in [4.69, 9.17) is 11.5 Å². The van der Waals surface area contributed by atoms with Crippen LogP contribution in [0.5, 0.6) is 0 Å². The van der Waals surface area contributed by atoms with Crippen LogP contribution in [0, 0.1) is 5.92 Å². The summed E-state index contributed by atoms with van der Waals surface area (Å²) in [5.74, 6) is -6.28. The van der Waals surface area contributed by atoms with E-state index in [1.807, 2.05) is 0 Å². The Kier molecular flexibility index (Phi) is 10.7. The summed E-state index contributed by atoms with van der Waals surface area (Å²) in [4.78, 5) is 77.2. The van der Waals surface area contributed by atoms with Crippen molar-refractivity contribution in [3.63, 3.8) is 0 Å². The maximum Gasteiger partial charge on any atom is 0.326 e. The number of nitrogens with two attached hydrogens (primary N) is 2. The van der Waals surface area contributed by atoms with Crippen LogP contribution >= 0.6 is 0 Å². The molecule has 2 heterocycles. The number of nitrogens with zero attached hydrogens (tertiary/aromatic N) is 2. The number of aliphatic hydroxyl groups excluding tert-OH is 3. The van der Waals surface area contributed by atoms with Gasteiger partial charge < -0.3 is 52.3 Å². The van der Waals surface area contributed by atoms with Gasteiger partial charge in [0.2, 0.25) is 29.5 Å². The smallest absolute Gasteiger partial charge is 0.326 e. The zero-order valence-corrected chi connectivity index (χ0v) is 22.0. The number of hydrogen-bond acceptors (Lipinski definition) is 10. The van der Waals surface area contributed by atoms with E-state index in [1.165, 1.54) is 6.92 Å². The molecule has 0 aliphatic carbocycles. The van der Waals surface area contributed by atoms with Crippen LogP contribution in [-0.2, 0) is 28.8 Å². The van der Waals surface area contributed by atoms with E-state index in [0.717, 1.165) is 9.80 Å². The predicted molar refractivity (Wildman–Crippen MR) is 132 cm³/mol. The van der Waals surface area contributed by atoms with Gasteiger partial charge in [-0.3, -0.25) is 24.0 Å². The first-order valence-electron chi connectivity index (χ1n) is 12.6. The second-order valence-electron chi connectivity index (χ2n) is 10.4. The Morgan fingerprint density at radius 2 is 1.41 bits per heavy atom. The van der Waals surface area contributed by atoms with E-state index in [0.29, 0.717) is 0 Å². The normalized spacial score (nSPS) is 26.1. The average molecular weight is 559 g/mol. The van der Waals surface area contributed by atoms with E-state index in [-0.39, 0.29) is 25.9 Å². The van der Waals surface area contributed by atoms with E-state index in [1.54, 1.807) is 13.8 Å². The van der Waals surface area contributed by atoms with Gasteiger partial charge in [0.05, 0.1) is 24.7 Å². The Hall–Kier alpha value is -3.34. The van der Waals surface area contributed by atoms with Crippen LogP contribution in [0.15, 0.2) is 0 Å². The predicted octanol–water partition coefficient (Wildman–Crippen LogP) is -4.80. The van der Waals surface area contributed by atoms with Gasteiger partial charge in [-0.2, -0.15) is 0 Å². The second kappa shape index (κ2) is 13.1. The molecule has 0 bridgehead atoms. The van der Waals surface area contributed by atoms with Crippen LogP contribution in [0.2, 0.25) is 0 Å². The number of amides is 5. The van der Waals surface area contributed by atoms with Crippen LogP contribution < -0.4 is 22.1 Å². The summed E-state index contributed by atoms with van der Waals surface area (Å²) in [6, 6.07) is -6.76. The molecular weight excluding hydrogens is 520 g/mol. The van der Waals surface area contributed by atoms with Gasteiger partial charge in [-0.15, -0.1) is 0 Å². The molecule has 10 N–H and O–H groups in total. The lowest BCUT2D eigenvalue weighted by Crippen LogP contribution is -2.60. The number of hydrogen-bond donors (Lipinski definition) is 8. The molecule has 2 rings (SSSR count). The SMILES string of the molecule is CC(C)[C@H](NC(=O)[C@@H]1C[C@@H](O)CN1C(=O)[C@@H](N)[C@@H](C)O)C(=O)N[C@@H](CC(N)=O)C(=O)N1C[C@H](O)C[C@H]1C(=O)O. The number of carboxylic acids is 1. The summed E-state index contributed by atoms with van der Waals surface area (Å²) in [5, 5.41) is 43.9. The molecule has 2 aliphatic rings. The second-order valence-corrected chi connectivity index (χ2v) is 10.4. The minimum absolute atomic E-state index is 0.146. The first kappa shape index (κ1) is 31.9. The summed E-state index contributed by atoms with van der Waals surface area (Å²) in [7, 11) is 0. The Labute approximate surface area is 224 Å². The van der Waals surface area contributed by atoms with Crippen LogP contribution in [0.4, 0.5) is 0 Å². The minimum Gasteiger partial charge on any atom is -0.480 e. The highest BCUT2D eigenvalue weighted by molar-refractivity contribution is 5.97. The van der Waals surface area contributed by atoms with Gasteiger partial charge in [-0.1, -0.05) is 13.8 Å².